The lowest BCUT2D eigenvalue weighted by Crippen LogP contribution is -2.29. The van der Waals surface area contributed by atoms with Crippen LogP contribution in [0.1, 0.15) is 25.8 Å². The number of nitrogens with two attached hydrogens (primary N) is 1. The largest absolute Gasteiger partial charge is 0.496 e. The highest BCUT2D eigenvalue weighted by Crippen LogP contribution is 2.32. The van der Waals surface area contributed by atoms with Gasteiger partial charge in [0.15, 0.2) is 0 Å². The van der Waals surface area contributed by atoms with Gasteiger partial charge in [-0.25, -0.2) is 0 Å². The fourth-order valence-corrected chi connectivity index (χ4v) is 1.82. The van der Waals surface area contributed by atoms with Crippen LogP contribution in [0.25, 0.3) is 0 Å². The summed E-state index contributed by atoms with van der Waals surface area (Å²) in [5.74, 6) is 0.675. The lowest BCUT2D eigenvalue weighted by Gasteiger charge is -2.27. The second-order valence-corrected chi connectivity index (χ2v) is 4.80. The highest BCUT2D eigenvalue weighted by atomic mass is 16.6. The molecule has 0 spiro atoms. The van der Waals surface area contributed by atoms with E-state index in [-0.39, 0.29) is 11.1 Å². The molecule has 0 saturated heterocycles. The molecule has 1 unspecified atom stereocenters. The molecule has 1 atom stereocenters. The first kappa shape index (κ1) is 14.4. The van der Waals surface area contributed by atoms with Crippen molar-refractivity contribution in [3.8, 4) is 5.75 Å². The molecule has 18 heavy (non-hydrogen) atoms. The molecule has 5 heteroatoms. The standard InChI is InChI=1S/C13H20N2O3/c1-4-13(2,9-14)8-10-7-11(15(16)17)5-6-12(10)18-3/h5-7H,4,8-9,14H2,1-3H3. The van der Waals surface area contributed by atoms with Gasteiger partial charge in [0.05, 0.1) is 12.0 Å². The Labute approximate surface area is 107 Å². The molecule has 1 aromatic rings. The summed E-state index contributed by atoms with van der Waals surface area (Å²) >= 11 is 0. The average Bonchev–Trinajstić information content (AvgIpc) is 2.38. The molecule has 1 rings (SSSR count). The van der Waals surface area contributed by atoms with E-state index in [1.165, 1.54) is 6.07 Å². The van der Waals surface area contributed by atoms with Crippen molar-refractivity contribution in [2.45, 2.75) is 26.7 Å². The topological polar surface area (TPSA) is 78.4 Å². The molecule has 0 heterocycles. The van der Waals surface area contributed by atoms with Gasteiger partial charge >= 0.3 is 0 Å². The van der Waals surface area contributed by atoms with E-state index in [0.29, 0.717) is 18.7 Å². The lowest BCUT2D eigenvalue weighted by molar-refractivity contribution is -0.384. The molecular formula is C13H20N2O3. The van der Waals surface area contributed by atoms with Gasteiger partial charge in [0.25, 0.3) is 5.69 Å². The van der Waals surface area contributed by atoms with Crippen LogP contribution < -0.4 is 10.5 Å². The highest BCUT2D eigenvalue weighted by Gasteiger charge is 2.23. The van der Waals surface area contributed by atoms with E-state index >= 15 is 0 Å². The predicted octanol–water partition coefficient (Wildman–Crippen LogP) is 2.52. The summed E-state index contributed by atoms with van der Waals surface area (Å²) in [5, 5.41) is 10.8. The smallest absolute Gasteiger partial charge is 0.269 e. The number of benzene rings is 1. The third-order valence-corrected chi connectivity index (χ3v) is 3.44. The Morgan fingerprint density at radius 2 is 2.17 bits per heavy atom. The van der Waals surface area contributed by atoms with Crippen LogP contribution in [0.5, 0.6) is 5.75 Å². The Morgan fingerprint density at radius 1 is 1.50 bits per heavy atom. The molecule has 0 aliphatic carbocycles. The first-order valence-electron chi connectivity index (χ1n) is 5.97. The Kier molecular flexibility index (Phi) is 4.67. The van der Waals surface area contributed by atoms with Gasteiger partial charge in [0.2, 0.25) is 0 Å². The predicted molar refractivity (Wildman–Crippen MR) is 70.8 cm³/mol. The SMILES string of the molecule is CCC(C)(CN)Cc1cc([N+](=O)[O-])ccc1OC. The minimum absolute atomic E-state index is 0.0670. The second-order valence-electron chi connectivity index (χ2n) is 4.80. The number of non-ortho nitro benzene ring substituents is 1. The van der Waals surface area contributed by atoms with Crippen molar-refractivity contribution >= 4 is 5.69 Å². The van der Waals surface area contributed by atoms with E-state index in [9.17, 15) is 10.1 Å². The number of methoxy groups -OCH3 is 1. The summed E-state index contributed by atoms with van der Waals surface area (Å²) in [6.45, 7) is 4.68. The summed E-state index contributed by atoms with van der Waals surface area (Å²) in [4.78, 5) is 10.4. The zero-order valence-electron chi connectivity index (χ0n) is 11.1. The van der Waals surface area contributed by atoms with Crippen molar-refractivity contribution in [2.24, 2.45) is 11.1 Å². The molecule has 0 fully saturated rings. The van der Waals surface area contributed by atoms with Crippen molar-refractivity contribution < 1.29 is 9.66 Å². The highest BCUT2D eigenvalue weighted by molar-refractivity contribution is 5.44. The number of rotatable bonds is 6. The number of nitro benzene ring substituents is 1. The molecule has 0 radical (unpaired) electrons. The minimum Gasteiger partial charge on any atom is -0.496 e. The molecule has 0 amide bonds. The summed E-state index contributed by atoms with van der Waals surface area (Å²) in [6, 6.07) is 4.66. The molecule has 2 N–H and O–H groups in total. The Balaban J connectivity index is 3.12. The maximum Gasteiger partial charge on any atom is 0.269 e. The van der Waals surface area contributed by atoms with Crippen molar-refractivity contribution in [3.05, 3.63) is 33.9 Å². The Hall–Kier alpha value is -1.62. The van der Waals surface area contributed by atoms with E-state index in [1.54, 1.807) is 19.2 Å². The quantitative estimate of drug-likeness (QED) is 0.623. The van der Waals surface area contributed by atoms with Crippen molar-refractivity contribution in [1.82, 2.24) is 0 Å². The molecule has 0 saturated carbocycles. The van der Waals surface area contributed by atoms with Crippen LogP contribution in [0.4, 0.5) is 5.69 Å². The number of nitrogens with zero attached hydrogens (tertiary/aromatic N) is 1. The van der Waals surface area contributed by atoms with E-state index in [2.05, 4.69) is 13.8 Å². The monoisotopic (exact) mass is 252 g/mol. The molecule has 0 aliphatic rings. The van der Waals surface area contributed by atoms with Gasteiger partial charge in [-0.2, -0.15) is 0 Å². The number of ether oxygens (including phenoxy) is 1. The Morgan fingerprint density at radius 3 is 2.61 bits per heavy atom. The summed E-state index contributed by atoms with van der Waals surface area (Å²) in [7, 11) is 1.57. The maximum absolute atomic E-state index is 10.8. The molecule has 0 bridgehead atoms. The van der Waals surface area contributed by atoms with E-state index in [0.717, 1.165) is 12.0 Å². The first-order valence-corrected chi connectivity index (χ1v) is 5.97. The minimum atomic E-state index is -0.394. The van der Waals surface area contributed by atoms with Crippen molar-refractivity contribution in [3.63, 3.8) is 0 Å². The van der Waals surface area contributed by atoms with Gasteiger partial charge in [0.1, 0.15) is 5.75 Å². The third kappa shape index (κ3) is 3.20. The van der Waals surface area contributed by atoms with Crippen LogP contribution in [0.15, 0.2) is 18.2 Å². The summed E-state index contributed by atoms with van der Waals surface area (Å²) in [5.41, 5.74) is 6.63. The van der Waals surface area contributed by atoms with Gasteiger partial charge in [-0.05, 0) is 30.9 Å². The second kappa shape index (κ2) is 5.82. The Bertz CT molecular complexity index is 428. The first-order chi connectivity index (χ1) is 8.45. The average molecular weight is 252 g/mol. The molecule has 100 valence electrons. The summed E-state index contributed by atoms with van der Waals surface area (Å²) < 4.78 is 5.25. The fourth-order valence-electron chi connectivity index (χ4n) is 1.82. The molecule has 0 aromatic heterocycles. The molecule has 5 nitrogen and oxygen atoms in total. The number of hydrogen-bond donors (Lipinski definition) is 1. The van der Waals surface area contributed by atoms with Crippen LogP contribution in [0.3, 0.4) is 0 Å². The summed E-state index contributed by atoms with van der Waals surface area (Å²) in [6.07, 6.45) is 1.58. The van der Waals surface area contributed by atoms with E-state index in [1.807, 2.05) is 0 Å². The molecular weight excluding hydrogens is 232 g/mol. The molecule has 1 aromatic carbocycles. The maximum atomic E-state index is 10.8. The zero-order chi connectivity index (χ0) is 13.8. The van der Waals surface area contributed by atoms with Crippen LogP contribution >= 0.6 is 0 Å². The van der Waals surface area contributed by atoms with Crippen LogP contribution in [-0.2, 0) is 6.42 Å². The fraction of sp³-hybridized carbons (Fsp3) is 0.538. The normalized spacial score (nSPS) is 14.0. The van der Waals surface area contributed by atoms with E-state index < -0.39 is 4.92 Å². The van der Waals surface area contributed by atoms with Crippen LogP contribution in [0.2, 0.25) is 0 Å². The zero-order valence-corrected chi connectivity index (χ0v) is 11.1. The van der Waals surface area contributed by atoms with Crippen LogP contribution in [0, 0.1) is 15.5 Å². The lowest BCUT2D eigenvalue weighted by atomic mass is 9.81. The third-order valence-electron chi connectivity index (χ3n) is 3.44. The number of nitro groups is 1. The van der Waals surface area contributed by atoms with Crippen molar-refractivity contribution in [1.29, 1.82) is 0 Å². The van der Waals surface area contributed by atoms with Crippen LogP contribution in [-0.4, -0.2) is 18.6 Å². The molecule has 0 aliphatic heterocycles. The van der Waals surface area contributed by atoms with E-state index in [4.69, 9.17) is 10.5 Å². The van der Waals surface area contributed by atoms with Gasteiger partial charge < -0.3 is 10.5 Å². The van der Waals surface area contributed by atoms with Gasteiger partial charge in [0, 0.05) is 17.7 Å². The van der Waals surface area contributed by atoms with Gasteiger partial charge in [-0.15, -0.1) is 0 Å². The van der Waals surface area contributed by atoms with Crippen molar-refractivity contribution in [2.75, 3.05) is 13.7 Å². The number of hydrogen-bond acceptors (Lipinski definition) is 4. The van der Waals surface area contributed by atoms with Gasteiger partial charge in [-0.1, -0.05) is 13.8 Å². The van der Waals surface area contributed by atoms with Gasteiger partial charge in [-0.3, -0.25) is 10.1 Å².